The second-order valence-electron chi connectivity index (χ2n) is 6.00. The molecule has 0 aliphatic heterocycles. The molecule has 0 aromatic carbocycles. The van der Waals surface area contributed by atoms with Crippen molar-refractivity contribution in [2.45, 2.75) is 58.9 Å². The number of nitrogens with zero attached hydrogens (tertiary/aromatic N) is 1. The topological polar surface area (TPSA) is 54.0 Å². The number of rotatable bonds is 6. The lowest BCUT2D eigenvalue weighted by atomic mass is 10.1. The van der Waals surface area contributed by atoms with E-state index in [9.17, 15) is 4.79 Å². The first kappa shape index (κ1) is 15.3. The van der Waals surface area contributed by atoms with E-state index in [1.165, 1.54) is 37.0 Å². The van der Waals surface area contributed by atoms with Crippen LogP contribution in [0.15, 0.2) is 0 Å². The van der Waals surface area contributed by atoms with Gasteiger partial charge < -0.3 is 10.6 Å². The first-order valence-corrected chi connectivity index (χ1v) is 8.40. The van der Waals surface area contributed by atoms with Crippen LogP contribution in [0.3, 0.4) is 0 Å². The zero-order valence-corrected chi connectivity index (χ0v) is 13.5. The molecule has 0 atom stereocenters. The highest BCUT2D eigenvalue weighted by Crippen LogP contribution is 2.27. The van der Waals surface area contributed by atoms with Gasteiger partial charge in [-0.1, -0.05) is 38.0 Å². The summed E-state index contributed by atoms with van der Waals surface area (Å²) in [5.41, 5.74) is 0.831. The second-order valence-corrected chi connectivity index (χ2v) is 7.00. The molecule has 1 heterocycles. The predicted molar refractivity (Wildman–Crippen MR) is 84.5 cm³/mol. The molecule has 1 aromatic rings. The first-order valence-electron chi connectivity index (χ1n) is 7.58. The number of nitrogens with one attached hydrogen (secondary N) is 2. The van der Waals surface area contributed by atoms with Crippen LogP contribution in [0.4, 0.5) is 5.13 Å². The summed E-state index contributed by atoms with van der Waals surface area (Å²) in [7, 11) is 0. The van der Waals surface area contributed by atoms with Crippen molar-refractivity contribution >= 4 is 22.4 Å². The molecule has 1 fully saturated rings. The Labute approximate surface area is 125 Å². The number of anilines is 1. The van der Waals surface area contributed by atoms with Crippen LogP contribution in [0.5, 0.6) is 0 Å². The minimum absolute atomic E-state index is 0.0140. The van der Waals surface area contributed by atoms with Crippen LogP contribution in [-0.4, -0.2) is 23.5 Å². The van der Waals surface area contributed by atoms with Gasteiger partial charge in [0.15, 0.2) is 5.13 Å². The molecule has 0 spiro atoms. The fourth-order valence-electron chi connectivity index (χ4n) is 2.47. The van der Waals surface area contributed by atoms with E-state index in [4.69, 9.17) is 0 Å². The molecule has 4 nitrogen and oxygen atoms in total. The third-order valence-corrected chi connectivity index (χ3v) is 4.78. The van der Waals surface area contributed by atoms with Gasteiger partial charge in [0, 0.05) is 12.6 Å². The summed E-state index contributed by atoms with van der Waals surface area (Å²) < 4.78 is 0. The van der Waals surface area contributed by atoms with Crippen LogP contribution >= 0.6 is 11.3 Å². The summed E-state index contributed by atoms with van der Waals surface area (Å²) in [6, 6.07) is 0.539. The normalized spacial score (nSPS) is 15.8. The van der Waals surface area contributed by atoms with Gasteiger partial charge in [-0.05, 0) is 32.1 Å². The van der Waals surface area contributed by atoms with Gasteiger partial charge in [-0.25, -0.2) is 4.98 Å². The van der Waals surface area contributed by atoms with Crippen molar-refractivity contribution in [3.8, 4) is 0 Å². The summed E-state index contributed by atoms with van der Waals surface area (Å²) in [5.74, 6) is 0.623. The van der Waals surface area contributed by atoms with Crippen molar-refractivity contribution in [1.82, 2.24) is 10.3 Å². The molecular weight excluding hydrogens is 270 g/mol. The number of carbonyl (C=O) groups excluding carboxylic acids is 1. The van der Waals surface area contributed by atoms with E-state index >= 15 is 0 Å². The first-order chi connectivity index (χ1) is 9.56. The molecule has 1 amide bonds. The second kappa shape index (κ2) is 7.07. The number of aromatic nitrogens is 1. The van der Waals surface area contributed by atoms with E-state index in [-0.39, 0.29) is 5.91 Å². The number of carbonyl (C=O) groups is 1. The van der Waals surface area contributed by atoms with Gasteiger partial charge in [0.2, 0.25) is 0 Å². The summed E-state index contributed by atoms with van der Waals surface area (Å²) in [6.45, 7) is 6.97. The molecule has 5 heteroatoms. The Morgan fingerprint density at radius 3 is 2.75 bits per heavy atom. The maximum Gasteiger partial charge on any atom is 0.263 e. The standard InChI is InChI=1S/C15H25N3OS/c1-10(2)8-9-16-14(19)13-11(3)17-15(20-13)18-12-6-4-5-7-12/h10,12H,4-9H2,1-3H3,(H,16,19)(H,17,18). The number of amides is 1. The van der Waals surface area contributed by atoms with Gasteiger partial charge in [-0.2, -0.15) is 0 Å². The molecule has 20 heavy (non-hydrogen) atoms. The Morgan fingerprint density at radius 1 is 1.40 bits per heavy atom. The average molecular weight is 295 g/mol. The minimum Gasteiger partial charge on any atom is -0.359 e. The lowest BCUT2D eigenvalue weighted by Gasteiger charge is -2.09. The number of hydrogen-bond acceptors (Lipinski definition) is 4. The van der Waals surface area contributed by atoms with E-state index in [2.05, 4.69) is 29.5 Å². The summed E-state index contributed by atoms with van der Waals surface area (Å²) in [6.07, 6.45) is 6.04. The fraction of sp³-hybridized carbons (Fsp3) is 0.733. The number of hydrogen-bond donors (Lipinski definition) is 2. The van der Waals surface area contributed by atoms with Crippen LogP contribution in [0, 0.1) is 12.8 Å². The van der Waals surface area contributed by atoms with E-state index in [0.717, 1.165) is 28.7 Å². The SMILES string of the molecule is Cc1nc(NC2CCCC2)sc1C(=O)NCCC(C)C. The van der Waals surface area contributed by atoms with Gasteiger partial charge in [0.05, 0.1) is 5.69 Å². The predicted octanol–water partition coefficient (Wildman–Crippen LogP) is 3.58. The van der Waals surface area contributed by atoms with E-state index in [1.807, 2.05) is 6.92 Å². The van der Waals surface area contributed by atoms with Crippen LogP contribution < -0.4 is 10.6 Å². The monoisotopic (exact) mass is 295 g/mol. The van der Waals surface area contributed by atoms with Crippen molar-refractivity contribution in [3.63, 3.8) is 0 Å². The fourth-order valence-corrected chi connectivity index (χ4v) is 3.43. The van der Waals surface area contributed by atoms with Crippen molar-refractivity contribution in [2.75, 3.05) is 11.9 Å². The summed E-state index contributed by atoms with van der Waals surface area (Å²) in [5, 5.41) is 7.33. The number of aryl methyl sites for hydroxylation is 1. The highest BCUT2D eigenvalue weighted by Gasteiger charge is 2.19. The van der Waals surface area contributed by atoms with Crippen LogP contribution in [0.25, 0.3) is 0 Å². The molecule has 112 valence electrons. The molecule has 0 saturated heterocycles. The van der Waals surface area contributed by atoms with Crippen molar-refractivity contribution in [1.29, 1.82) is 0 Å². The minimum atomic E-state index is 0.0140. The smallest absolute Gasteiger partial charge is 0.263 e. The molecular formula is C15H25N3OS. The highest BCUT2D eigenvalue weighted by atomic mass is 32.1. The van der Waals surface area contributed by atoms with Gasteiger partial charge >= 0.3 is 0 Å². The quantitative estimate of drug-likeness (QED) is 0.843. The van der Waals surface area contributed by atoms with Crippen LogP contribution in [-0.2, 0) is 0 Å². The summed E-state index contributed by atoms with van der Waals surface area (Å²) in [4.78, 5) is 17.4. The molecule has 0 radical (unpaired) electrons. The molecule has 0 unspecified atom stereocenters. The Bertz CT molecular complexity index is 450. The Hall–Kier alpha value is -1.10. The molecule has 2 rings (SSSR count). The van der Waals surface area contributed by atoms with Crippen molar-refractivity contribution in [2.24, 2.45) is 5.92 Å². The Balaban J connectivity index is 1.90. The van der Waals surface area contributed by atoms with E-state index < -0.39 is 0 Å². The van der Waals surface area contributed by atoms with E-state index in [1.54, 1.807) is 0 Å². The van der Waals surface area contributed by atoms with Crippen molar-refractivity contribution < 1.29 is 4.79 Å². The molecule has 1 aliphatic carbocycles. The zero-order valence-electron chi connectivity index (χ0n) is 12.7. The zero-order chi connectivity index (χ0) is 14.5. The van der Waals surface area contributed by atoms with E-state index in [0.29, 0.717) is 12.0 Å². The van der Waals surface area contributed by atoms with Crippen molar-refractivity contribution in [3.05, 3.63) is 10.6 Å². The highest BCUT2D eigenvalue weighted by molar-refractivity contribution is 7.17. The van der Waals surface area contributed by atoms with Gasteiger partial charge in [-0.3, -0.25) is 4.79 Å². The van der Waals surface area contributed by atoms with Crippen LogP contribution in [0.1, 0.15) is 61.3 Å². The largest absolute Gasteiger partial charge is 0.359 e. The summed E-state index contributed by atoms with van der Waals surface area (Å²) >= 11 is 1.48. The molecule has 2 N–H and O–H groups in total. The lowest BCUT2D eigenvalue weighted by molar-refractivity contribution is 0.0955. The Kier molecular flexibility index (Phi) is 5.40. The van der Waals surface area contributed by atoms with Gasteiger partial charge in [-0.15, -0.1) is 0 Å². The van der Waals surface area contributed by atoms with Gasteiger partial charge in [0.1, 0.15) is 4.88 Å². The molecule has 1 aliphatic rings. The maximum atomic E-state index is 12.1. The average Bonchev–Trinajstić information content (AvgIpc) is 2.99. The molecule has 1 saturated carbocycles. The van der Waals surface area contributed by atoms with Crippen LogP contribution in [0.2, 0.25) is 0 Å². The molecule has 1 aromatic heterocycles. The van der Waals surface area contributed by atoms with Gasteiger partial charge in [0.25, 0.3) is 5.91 Å². The number of thiazole rings is 1. The molecule has 0 bridgehead atoms. The maximum absolute atomic E-state index is 12.1. The lowest BCUT2D eigenvalue weighted by Crippen LogP contribution is -2.25. The third kappa shape index (κ3) is 4.20. The third-order valence-electron chi connectivity index (χ3n) is 3.69. The Morgan fingerprint density at radius 2 is 2.10 bits per heavy atom.